The average Bonchev–Trinajstić information content (AvgIpc) is 3.02. The first-order valence-electron chi connectivity index (χ1n) is 9.90. The molecule has 0 radical (unpaired) electrons. The predicted molar refractivity (Wildman–Crippen MR) is 112 cm³/mol. The van der Waals surface area contributed by atoms with Gasteiger partial charge in [-0.15, -0.1) is 0 Å². The first kappa shape index (κ1) is 19.1. The topological polar surface area (TPSA) is 57.6 Å². The lowest BCUT2D eigenvalue weighted by molar-refractivity contribution is 0.0613. The molecule has 2 amide bonds. The third kappa shape index (κ3) is 3.59. The van der Waals surface area contributed by atoms with Gasteiger partial charge < -0.3 is 5.11 Å². The molecule has 0 aromatic heterocycles. The lowest BCUT2D eigenvalue weighted by atomic mass is 9.82. The smallest absolute Gasteiger partial charge is 0.261 e. The van der Waals surface area contributed by atoms with E-state index in [4.69, 9.17) is 0 Å². The molecule has 0 atom stereocenters. The molecule has 1 aliphatic heterocycles. The van der Waals surface area contributed by atoms with Crippen LogP contribution in [-0.4, -0.2) is 28.4 Å². The van der Waals surface area contributed by atoms with E-state index >= 15 is 0 Å². The first-order chi connectivity index (χ1) is 14.1. The Morgan fingerprint density at radius 3 is 1.59 bits per heavy atom. The summed E-state index contributed by atoms with van der Waals surface area (Å²) in [5, 5.41) is 11.5. The second-order valence-corrected chi connectivity index (χ2v) is 7.36. The molecule has 0 saturated carbocycles. The van der Waals surface area contributed by atoms with Gasteiger partial charge in [0.1, 0.15) is 5.60 Å². The van der Waals surface area contributed by atoms with Crippen molar-refractivity contribution >= 4 is 11.8 Å². The second kappa shape index (κ2) is 8.02. The molecule has 0 unspecified atom stereocenters. The molecule has 0 bridgehead atoms. The number of rotatable bonds is 7. The molecule has 0 fully saturated rings. The molecule has 4 heteroatoms. The van der Waals surface area contributed by atoms with Gasteiger partial charge in [0.05, 0.1) is 11.1 Å². The minimum atomic E-state index is -1.11. The van der Waals surface area contributed by atoms with Crippen LogP contribution in [0.5, 0.6) is 0 Å². The summed E-state index contributed by atoms with van der Waals surface area (Å²) < 4.78 is 0. The van der Waals surface area contributed by atoms with E-state index in [9.17, 15) is 14.7 Å². The Hall–Kier alpha value is -3.24. The van der Waals surface area contributed by atoms with Crippen molar-refractivity contribution in [3.63, 3.8) is 0 Å². The molecule has 0 spiro atoms. The summed E-state index contributed by atoms with van der Waals surface area (Å²) in [6.07, 6.45) is 1.81. The van der Waals surface area contributed by atoms with Crippen LogP contribution in [0.25, 0.3) is 0 Å². The number of carbonyl (C=O) groups excluding carboxylic acids is 2. The SMILES string of the molecule is O=C1c2ccccc2C(=O)N1CCCCC(O)(c1ccccc1)c1ccccc1. The Morgan fingerprint density at radius 2 is 1.10 bits per heavy atom. The summed E-state index contributed by atoms with van der Waals surface area (Å²) in [5.74, 6) is -0.459. The van der Waals surface area contributed by atoms with Crippen LogP contribution in [0.3, 0.4) is 0 Å². The summed E-state index contributed by atoms with van der Waals surface area (Å²) >= 11 is 0. The number of hydrogen-bond donors (Lipinski definition) is 1. The lowest BCUT2D eigenvalue weighted by Crippen LogP contribution is -2.31. The quantitative estimate of drug-likeness (QED) is 0.485. The molecule has 1 heterocycles. The summed E-state index contributed by atoms with van der Waals surface area (Å²) in [5.41, 5.74) is 1.52. The van der Waals surface area contributed by atoms with E-state index in [2.05, 4.69) is 0 Å². The van der Waals surface area contributed by atoms with Gasteiger partial charge in [0, 0.05) is 6.54 Å². The standard InChI is InChI=1S/C25H23NO3/c27-23-21-15-7-8-16-22(21)24(28)26(23)18-10-9-17-25(29,19-11-3-1-4-12-19)20-13-5-2-6-14-20/h1-8,11-16,29H,9-10,17-18H2. The van der Waals surface area contributed by atoms with Gasteiger partial charge in [0.25, 0.3) is 11.8 Å². The number of fused-ring (bicyclic) bond motifs is 1. The zero-order valence-corrected chi connectivity index (χ0v) is 16.1. The molecule has 1 aliphatic rings. The first-order valence-corrected chi connectivity index (χ1v) is 9.90. The van der Waals surface area contributed by atoms with Gasteiger partial charge in [-0.3, -0.25) is 14.5 Å². The molecular weight excluding hydrogens is 362 g/mol. The fourth-order valence-corrected chi connectivity index (χ4v) is 3.98. The molecule has 4 nitrogen and oxygen atoms in total. The van der Waals surface area contributed by atoms with E-state index in [1.54, 1.807) is 24.3 Å². The Morgan fingerprint density at radius 1 is 0.655 bits per heavy atom. The van der Waals surface area contributed by atoms with Crippen LogP contribution in [0.15, 0.2) is 84.9 Å². The number of hydrogen-bond acceptors (Lipinski definition) is 3. The molecule has 0 saturated heterocycles. The van der Waals surface area contributed by atoms with E-state index in [1.165, 1.54) is 4.90 Å². The summed E-state index contributed by atoms with van der Waals surface area (Å²) in [7, 11) is 0. The van der Waals surface area contributed by atoms with E-state index < -0.39 is 5.60 Å². The van der Waals surface area contributed by atoms with Crippen molar-refractivity contribution in [1.29, 1.82) is 0 Å². The third-order valence-electron chi connectivity index (χ3n) is 5.55. The molecule has 1 N–H and O–H groups in total. The Kier molecular flexibility index (Phi) is 5.28. The van der Waals surface area contributed by atoms with Gasteiger partial charge in [-0.25, -0.2) is 0 Å². The average molecular weight is 385 g/mol. The maximum atomic E-state index is 12.5. The van der Waals surface area contributed by atoms with E-state index in [-0.39, 0.29) is 11.8 Å². The van der Waals surface area contributed by atoms with Crippen molar-refractivity contribution in [2.75, 3.05) is 6.54 Å². The fourth-order valence-electron chi connectivity index (χ4n) is 3.98. The van der Waals surface area contributed by atoms with Crippen LogP contribution in [0.2, 0.25) is 0 Å². The van der Waals surface area contributed by atoms with E-state index in [0.717, 1.165) is 11.1 Å². The maximum Gasteiger partial charge on any atom is 0.261 e. The van der Waals surface area contributed by atoms with Crippen LogP contribution >= 0.6 is 0 Å². The van der Waals surface area contributed by atoms with Gasteiger partial charge >= 0.3 is 0 Å². The monoisotopic (exact) mass is 385 g/mol. The maximum absolute atomic E-state index is 12.5. The van der Waals surface area contributed by atoms with Gasteiger partial charge in [-0.05, 0) is 42.5 Å². The highest BCUT2D eigenvalue weighted by Crippen LogP contribution is 2.34. The highest BCUT2D eigenvalue weighted by Gasteiger charge is 2.35. The zero-order valence-electron chi connectivity index (χ0n) is 16.1. The van der Waals surface area contributed by atoms with Crippen molar-refractivity contribution < 1.29 is 14.7 Å². The van der Waals surface area contributed by atoms with Crippen LogP contribution in [-0.2, 0) is 5.60 Å². The summed E-state index contributed by atoms with van der Waals surface area (Å²) in [6.45, 7) is 0.353. The van der Waals surface area contributed by atoms with Crippen molar-refractivity contribution in [2.24, 2.45) is 0 Å². The number of aliphatic hydroxyl groups is 1. The minimum Gasteiger partial charge on any atom is -0.380 e. The van der Waals surface area contributed by atoms with Crippen molar-refractivity contribution in [3.05, 3.63) is 107 Å². The van der Waals surface area contributed by atoms with E-state index in [0.29, 0.717) is 36.9 Å². The fraction of sp³-hybridized carbons (Fsp3) is 0.200. The molecular formula is C25H23NO3. The number of benzene rings is 3. The van der Waals surface area contributed by atoms with Crippen LogP contribution in [0.1, 0.15) is 51.1 Å². The molecule has 3 aromatic carbocycles. The van der Waals surface area contributed by atoms with Gasteiger partial charge in [0.2, 0.25) is 0 Å². The second-order valence-electron chi connectivity index (χ2n) is 7.36. The zero-order chi connectivity index (χ0) is 20.3. The van der Waals surface area contributed by atoms with Gasteiger partial charge in [-0.2, -0.15) is 0 Å². The normalized spacial score (nSPS) is 13.6. The predicted octanol–water partition coefficient (Wildman–Crippen LogP) is 4.39. The number of unbranched alkanes of at least 4 members (excludes halogenated alkanes) is 1. The molecule has 146 valence electrons. The molecule has 29 heavy (non-hydrogen) atoms. The Bertz CT molecular complexity index is 940. The Balaban J connectivity index is 1.45. The highest BCUT2D eigenvalue weighted by atomic mass is 16.3. The number of carbonyl (C=O) groups is 2. The van der Waals surface area contributed by atoms with Crippen molar-refractivity contribution in [2.45, 2.75) is 24.9 Å². The lowest BCUT2D eigenvalue weighted by Gasteiger charge is -2.30. The van der Waals surface area contributed by atoms with Crippen LogP contribution in [0.4, 0.5) is 0 Å². The highest BCUT2D eigenvalue weighted by molar-refractivity contribution is 6.21. The largest absolute Gasteiger partial charge is 0.380 e. The molecule has 4 rings (SSSR count). The summed E-state index contributed by atoms with van der Waals surface area (Å²) in [4.78, 5) is 26.3. The minimum absolute atomic E-state index is 0.230. The number of amides is 2. The van der Waals surface area contributed by atoms with Crippen molar-refractivity contribution in [3.8, 4) is 0 Å². The van der Waals surface area contributed by atoms with Crippen LogP contribution < -0.4 is 0 Å². The van der Waals surface area contributed by atoms with Crippen LogP contribution in [0, 0.1) is 0 Å². The molecule has 0 aliphatic carbocycles. The van der Waals surface area contributed by atoms with E-state index in [1.807, 2.05) is 60.7 Å². The number of imide groups is 1. The Labute approximate surface area is 170 Å². The molecule has 3 aromatic rings. The third-order valence-corrected chi connectivity index (χ3v) is 5.55. The summed E-state index contributed by atoms with van der Waals surface area (Å²) in [6, 6.07) is 26.2. The van der Waals surface area contributed by atoms with Gasteiger partial charge in [-0.1, -0.05) is 72.8 Å². The van der Waals surface area contributed by atoms with Gasteiger partial charge in [0.15, 0.2) is 0 Å². The number of nitrogens with zero attached hydrogens (tertiary/aromatic N) is 1. The van der Waals surface area contributed by atoms with Crippen molar-refractivity contribution in [1.82, 2.24) is 4.90 Å².